The number of nitrogens with one attached hydrogen (secondary N) is 2. The van der Waals surface area contributed by atoms with Crippen LogP contribution >= 0.6 is 0 Å². The first-order valence-electron chi connectivity index (χ1n) is 12.0. The van der Waals surface area contributed by atoms with Crippen molar-refractivity contribution in [3.63, 3.8) is 0 Å². The highest BCUT2D eigenvalue weighted by atomic mass is 19.2. The van der Waals surface area contributed by atoms with Crippen molar-refractivity contribution in [3.8, 4) is 11.3 Å². The van der Waals surface area contributed by atoms with Crippen LogP contribution in [0.15, 0.2) is 53.6 Å². The number of rotatable bonds is 8. The Morgan fingerprint density at radius 2 is 1.97 bits per heavy atom. The highest BCUT2D eigenvalue weighted by Gasteiger charge is 2.46. The van der Waals surface area contributed by atoms with Gasteiger partial charge in [0.05, 0.1) is 11.5 Å². The molecular formula is C28H29F2N3O4. The van der Waals surface area contributed by atoms with E-state index in [-0.39, 0.29) is 52.8 Å². The SMILES string of the molecule is C=C(c1ccc(F)c(F)c1)[C@@]1(O)CCNC[C@@H]1c1noc(-c2ccccc2CCNC(C)=O)c1C(C)=O. The number of piperidine rings is 1. The molecular weight excluding hydrogens is 480 g/mol. The second kappa shape index (κ2) is 10.7. The Bertz CT molecular complexity index is 1350. The molecule has 0 aliphatic carbocycles. The van der Waals surface area contributed by atoms with Crippen LogP contribution in [0.25, 0.3) is 16.9 Å². The van der Waals surface area contributed by atoms with E-state index in [1.54, 1.807) is 0 Å². The highest BCUT2D eigenvalue weighted by molar-refractivity contribution is 6.01. The number of ketones is 1. The fourth-order valence-electron chi connectivity index (χ4n) is 4.88. The van der Waals surface area contributed by atoms with Crippen molar-refractivity contribution >= 4 is 17.3 Å². The molecule has 0 spiro atoms. The van der Waals surface area contributed by atoms with E-state index in [2.05, 4.69) is 22.4 Å². The predicted molar refractivity (Wildman–Crippen MR) is 135 cm³/mol. The summed E-state index contributed by atoms with van der Waals surface area (Å²) < 4.78 is 33.3. The minimum atomic E-state index is -1.60. The van der Waals surface area contributed by atoms with E-state index in [4.69, 9.17) is 4.52 Å². The van der Waals surface area contributed by atoms with Crippen LogP contribution in [0.2, 0.25) is 0 Å². The molecule has 0 radical (unpaired) electrons. The first-order valence-corrected chi connectivity index (χ1v) is 12.0. The average molecular weight is 510 g/mol. The van der Waals surface area contributed by atoms with Crippen LogP contribution in [0, 0.1) is 11.6 Å². The van der Waals surface area contributed by atoms with Crippen LogP contribution in [-0.2, 0) is 11.2 Å². The monoisotopic (exact) mass is 509 g/mol. The van der Waals surface area contributed by atoms with Crippen LogP contribution in [0.4, 0.5) is 8.78 Å². The molecule has 3 N–H and O–H groups in total. The molecule has 7 nitrogen and oxygen atoms in total. The zero-order valence-corrected chi connectivity index (χ0v) is 20.7. The molecule has 37 heavy (non-hydrogen) atoms. The summed E-state index contributed by atoms with van der Waals surface area (Å²) in [7, 11) is 0. The minimum absolute atomic E-state index is 0.144. The highest BCUT2D eigenvalue weighted by Crippen LogP contribution is 2.44. The third-order valence-corrected chi connectivity index (χ3v) is 6.83. The van der Waals surface area contributed by atoms with Gasteiger partial charge in [-0.3, -0.25) is 9.59 Å². The predicted octanol–water partition coefficient (Wildman–Crippen LogP) is 4.02. The van der Waals surface area contributed by atoms with Crippen LogP contribution in [0.1, 0.15) is 53.4 Å². The molecule has 1 aromatic heterocycles. The molecule has 1 saturated heterocycles. The molecule has 2 heterocycles. The van der Waals surface area contributed by atoms with Gasteiger partial charge in [0.25, 0.3) is 0 Å². The van der Waals surface area contributed by atoms with Gasteiger partial charge in [0.1, 0.15) is 11.3 Å². The molecule has 1 aliphatic rings. The maximum absolute atomic E-state index is 14.0. The largest absolute Gasteiger partial charge is 0.384 e. The number of amides is 1. The molecule has 0 unspecified atom stereocenters. The molecule has 4 rings (SSSR count). The molecule has 1 amide bonds. The van der Waals surface area contributed by atoms with Crippen molar-refractivity contribution in [1.82, 2.24) is 15.8 Å². The molecule has 0 bridgehead atoms. The number of aromatic nitrogens is 1. The van der Waals surface area contributed by atoms with E-state index >= 15 is 0 Å². The maximum Gasteiger partial charge on any atom is 0.216 e. The van der Waals surface area contributed by atoms with Crippen molar-refractivity contribution in [3.05, 3.63) is 83.1 Å². The molecule has 194 valence electrons. The van der Waals surface area contributed by atoms with Crippen LogP contribution in [0.5, 0.6) is 0 Å². The first-order chi connectivity index (χ1) is 17.6. The number of benzene rings is 2. The van der Waals surface area contributed by atoms with Crippen LogP contribution < -0.4 is 10.6 Å². The van der Waals surface area contributed by atoms with E-state index in [0.29, 0.717) is 25.1 Å². The van der Waals surface area contributed by atoms with E-state index in [9.17, 15) is 23.5 Å². The quantitative estimate of drug-likeness (QED) is 0.396. The lowest BCUT2D eigenvalue weighted by atomic mass is 9.72. The number of nitrogens with zero attached hydrogens (tertiary/aromatic N) is 1. The van der Waals surface area contributed by atoms with Gasteiger partial charge >= 0.3 is 0 Å². The van der Waals surface area contributed by atoms with Crippen molar-refractivity contribution in [2.45, 2.75) is 38.2 Å². The lowest BCUT2D eigenvalue weighted by Gasteiger charge is -2.41. The Balaban J connectivity index is 1.76. The topological polar surface area (TPSA) is 104 Å². The van der Waals surface area contributed by atoms with Gasteiger partial charge in [-0.15, -0.1) is 0 Å². The van der Waals surface area contributed by atoms with E-state index in [1.807, 2.05) is 24.3 Å². The van der Waals surface area contributed by atoms with Gasteiger partial charge in [-0.2, -0.15) is 0 Å². The van der Waals surface area contributed by atoms with Crippen molar-refractivity contribution < 1.29 is 28.0 Å². The smallest absolute Gasteiger partial charge is 0.216 e. The van der Waals surface area contributed by atoms with Crippen molar-refractivity contribution in [2.24, 2.45) is 0 Å². The molecule has 1 fully saturated rings. The molecule has 9 heteroatoms. The fourth-order valence-corrected chi connectivity index (χ4v) is 4.88. The van der Waals surface area contributed by atoms with Gasteiger partial charge in [0, 0.05) is 25.6 Å². The standard InChI is InChI=1S/C28H29F2N3O4/c1-16(20-8-9-23(29)24(30)14-20)28(36)11-13-31-15-22(28)26-25(17(2)34)27(37-33-26)21-7-5-4-6-19(21)10-12-32-18(3)35/h4-9,14,22,31,36H,1,10-13,15H2,2-3H3,(H,32,35)/t22-,28+/m1/s1. The summed E-state index contributed by atoms with van der Waals surface area (Å²) in [5.74, 6) is -2.96. The second-order valence-corrected chi connectivity index (χ2v) is 9.26. The normalized spacial score (nSPS) is 19.4. The van der Waals surface area contributed by atoms with Gasteiger partial charge in [-0.25, -0.2) is 8.78 Å². The van der Waals surface area contributed by atoms with E-state index < -0.39 is 23.2 Å². The number of aliphatic hydroxyl groups is 1. The lowest BCUT2D eigenvalue weighted by Crippen LogP contribution is -2.49. The van der Waals surface area contributed by atoms with Crippen LogP contribution in [0.3, 0.4) is 0 Å². The third-order valence-electron chi connectivity index (χ3n) is 6.83. The number of halogens is 2. The average Bonchev–Trinajstić information content (AvgIpc) is 3.30. The number of hydrogen-bond acceptors (Lipinski definition) is 6. The van der Waals surface area contributed by atoms with Gasteiger partial charge in [-0.1, -0.05) is 42.1 Å². The van der Waals surface area contributed by atoms with Gasteiger partial charge in [0.2, 0.25) is 5.91 Å². The molecule has 0 saturated carbocycles. The summed E-state index contributed by atoms with van der Waals surface area (Å²) in [6.07, 6.45) is 0.716. The Kier molecular flexibility index (Phi) is 7.65. The summed E-state index contributed by atoms with van der Waals surface area (Å²) in [5, 5.41) is 22.1. The van der Waals surface area contributed by atoms with Crippen LogP contribution in [-0.4, -0.2) is 47.2 Å². The Morgan fingerprint density at radius 1 is 1.22 bits per heavy atom. The molecule has 2 aromatic carbocycles. The van der Waals surface area contributed by atoms with Gasteiger partial charge in [0.15, 0.2) is 23.2 Å². The van der Waals surface area contributed by atoms with Crippen molar-refractivity contribution in [2.75, 3.05) is 19.6 Å². The lowest BCUT2D eigenvalue weighted by molar-refractivity contribution is -0.118. The zero-order chi connectivity index (χ0) is 26.7. The zero-order valence-electron chi connectivity index (χ0n) is 20.7. The summed E-state index contributed by atoms with van der Waals surface area (Å²) in [5.41, 5.74) is 0.860. The first kappa shape index (κ1) is 26.4. The summed E-state index contributed by atoms with van der Waals surface area (Å²) in [6, 6.07) is 10.7. The maximum atomic E-state index is 14.0. The summed E-state index contributed by atoms with van der Waals surface area (Å²) in [6.45, 7) is 7.98. The molecule has 3 aromatic rings. The van der Waals surface area contributed by atoms with Gasteiger partial charge in [-0.05, 0) is 55.1 Å². The van der Waals surface area contributed by atoms with Crippen molar-refractivity contribution in [1.29, 1.82) is 0 Å². The summed E-state index contributed by atoms with van der Waals surface area (Å²) in [4.78, 5) is 24.2. The fraction of sp³-hybridized carbons (Fsp3) is 0.321. The number of hydrogen-bond donors (Lipinski definition) is 3. The Morgan fingerprint density at radius 3 is 2.68 bits per heavy atom. The number of Topliss-reactive ketones (excluding diaryl/α,β-unsaturated/α-hetero) is 1. The Hall–Kier alpha value is -3.69. The van der Waals surface area contributed by atoms with E-state index in [0.717, 1.165) is 17.7 Å². The van der Waals surface area contributed by atoms with E-state index in [1.165, 1.54) is 19.9 Å². The minimum Gasteiger partial charge on any atom is -0.384 e. The number of carbonyl (C=O) groups excluding carboxylic acids is 2. The third kappa shape index (κ3) is 5.23. The molecule has 1 aliphatic heterocycles. The molecule has 2 atom stereocenters. The Labute approximate surface area is 213 Å². The van der Waals surface area contributed by atoms with Gasteiger partial charge < -0.3 is 20.3 Å². The number of carbonyl (C=O) groups is 2. The second-order valence-electron chi connectivity index (χ2n) is 9.26. The summed E-state index contributed by atoms with van der Waals surface area (Å²) >= 11 is 0.